The predicted molar refractivity (Wildman–Crippen MR) is 154 cm³/mol. The Labute approximate surface area is 232 Å². The number of fused-ring (bicyclic) bond motifs is 1. The van der Waals surface area contributed by atoms with Gasteiger partial charge in [-0.3, -0.25) is 4.79 Å². The molecule has 0 aliphatic carbocycles. The van der Waals surface area contributed by atoms with Crippen LogP contribution >= 0.6 is 0 Å². The van der Waals surface area contributed by atoms with E-state index in [1.54, 1.807) is 31.4 Å². The van der Waals surface area contributed by atoms with Crippen molar-refractivity contribution in [2.24, 2.45) is 0 Å². The first kappa shape index (κ1) is 28.5. The highest BCUT2D eigenvalue weighted by molar-refractivity contribution is 6.03. The first-order chi connectivity index (χ1) is 19.4. The number of nitrogens with zero attached hydrogens (tertiary/aromatic N) is 3. The van der Waals surface area contributed by atoms with E-state index in [-0.39, 0.29) is 18.3 Å². The molecule has 0 saturated carbocycles. The molecule has 208 valence electrons. The van der Waals surface area contributed by atoms with Crippen LogP contribution in [0, 0.1) is 5.82 Å². The van der Waals surface area contributed by atoms with E-state index in [9.17, 15) is 9.18 Å². The topological polar surface area (TPSA) is 97.8 Å². The summed E-state index contributed by atoms with van der Waals surface area (Å²) in [5.74, 6) is 1.10. The summed E-state index contributed by atoms with van der Waals surface area (Å²) < 4.78 is 30.2. The van der Waals surface area contributed by atoms with E-state index in [0.29, 0.717) is 53.7 Å². The van der Waals surface area contributed by atoms with E-state index in [1.807, 2.05) is 49.3 Å². The third kappa shape index (κ3) is 8.23. The van der Waals surface area contributed by atoms with Gasteiger partial charge in [-0.1, -0.05) is 18.2 Å². The lowest BCUT2D eigenvalue weighted by molar-refractivity contribution is -0.111. The van der Waals surface area contributed by atoms with Gasteiger partial charge in [0.1, 0.15) is 42.7 Å². The molecule has 0 atom stereocenters. The average molecular weight is 546 g/mol. The molecule has 3 aromatic carbocycles. The molecular weight excluding hydrogens is 513 g/mol. The highest BCUT2D eigenvalue weighted by Gasteiger charge is 2.13. The maximum absolute atomic E-state index is 13.4. The summed E-state index contributed by atoms with van der Waals surface area (Å²) in [6.45, 7) is 1.60. The molecule has 0 aliphatic rings. The van der Waals surface area contributed by atoms with Crippen molar-refractivity contribution in [2.75, 3.05) is 51.6 Å². The zero-order chi connectivity index (χ0) is 28.3. The summed E-state index contributed by atoms with van der Waals surface area (Å²) in [5, 5.41) is 6.90. The minimum atomic E-state index is -0.296. The molecule has 40 heavy (non-hydrogen) atoms. The Morgan fingerprint density at radius 2 is 1.85 bits per heavy atom. The molecule has 0 saturated heterocycles. The normalized spacial score (nSPS) is 11.2. The van der Waals surface area contributed by atoms with Crippen molar-refractivity contribution in [1.29, 1.82) is 0 Å². The van der Waals surface area contributed by atoms with Crippen LogP contribution in [0.1, 0.15) is 5.56 Å². The fourth-order valence-corrected chi connectivity index (χ4v) is 3.75. The molecule has 0 aliphatic heterocycles. The molecular formula is C30H32FN5O4. The number of rotatable bonds is 13. The number of aromatic nitrogens is 2. The van der Waals surface area contributed by atoms with Crippen LogP contribution in [-0.4, -0.2) is 61.7 Å². The second-order valence-electron chi connectivity index (χ2n) is 9.15. The molecule has 1 amide bonds. The van der Waals surface area contributed by atoms with Crippen LogP contribution in [0.2, 0.25) is 0 Å². The Morgan fingerprint density at radius 3 is 2.60 bits per heavy atom. The SMILES string of the molecule is COCCOc1cc2ncnc(Nc3ccc(OCc4cccc(F)c4)cc3)c2cc1NC(=O)C=CCN(C)C. The Kier molecular flexibility index (Phi) is 9.98. The number of methoxy groups -OCH3 is 1. The summed E-state index contributed by atoms with van der Waals surface area (Å²) in [6, 6.07) is 17.2. The fraction of sp³-hybridized carbons (Fsp3) is 0.233. The first-order valence-corrected chi connectivity index (χ1v) is 12.7. The summed E-state index contributed by atoms with van der Waals surface area (Å²) in [6.07, 6.45) is 4.73. The van der Waals surface area contributed by atoms with Crippen LogP contribution in [0.5, 0.6) is 11.5 Å². The highest BCUT2D eigenvalue weighted by atomic mass is 19.1. The standard InChI is InChI=1S/C30H32FN5O4/c1-36(2)13-5-8-29(37)35-27-17-25-26(18-28(27)39-15-14-38-3)32-20-33-30(25)34-23-9-11-24(12-10-23)40-19-21-6-4-7-22(31)16-21/h4-12,16-18,20H,13-15,19H2,1-3H3,(H,35,37)(H,32,33,34). The second kappa shape index (κ2) is 14.0. The van der Waals surface area contributed by atoms with Crippen molar-refractivity contribution in [3.05, 3.63) is 90.5 Å². The zero-order valence-corrected chi connectivity index (χ0v) is 22.7. The van der Waals surface area contributed by atoms with Gasteiger partial charge in [-0.25, -0.2) is 14.4 Å². The van der Waals surface area contributed by atoms with E-state index in [1.165, 1.54) is 24.5 Å². The zero-order valence-electron chi connectivity index (χ0n) is 22.7. The largest absolute Gasteiger partial charge is 0.489 e. The van der Waals surface area contributed by atoms with Crippen molar-refractivity contribution in [1.82, 2.24) is 14.9 Å². The van der Waals surface area contributed by atoms with Crippen molar-refractivity contribution >= 4 is 34.0 Å². The van der Waals surface area contributed by atoms with Gasteiger partial charge in [0.05, 0.1) is 17.8 Å². The predicted octanol–water partition coefficient (Wildman–Crippen LogP) is 5.17. The average Bonchev–Trinajstić information content (AvgIpc) is 2.93. The van der Waals surface area contributed by atoms with Gasteiger partial charge in [0.2, 0.25) is 5.91 Å². The molecule has 0 spiro atoms. The van der Waals surface area contributed by atoms with Gasteiger partial charge in [0.25, 0.3) is 0 Å². The summed E-state index contributed by atoms with van der Waals surface area (Å²) in [5.41, 5.74) is 2.65. The summed E-state index contributed by atoms with van der Waals surface area (Å²) in [4.78, 5) is 23.4. The van der Waals surface area contributed by atoms with Gasteiger partial charge < -0.3 is 29.7 Å². The fourth-order valence-electron chi connectivity index (χ4n) is 3.75. The van der Waals surface area contributed by atoms with Crippen LogP contribution in [0.15, 0.2) is 79.1 Å². The number of hydrogen-bond donors (Lipinski definition) is 2. The summed E-state index contributed by atoms with van der Waals surface area (Å²) in [7, 11) is 5.45. The third-order valence-electron chi connectivity index (χ3n) is 5.69. The van der Waals surface area contributed by atoms with Gasteiger partial charge >= 0.3 is 0 Å². The summed E-state index contributed by atoms with van der Waals surface area (Å²) >= 11 is 0. The third-order valence-corrected chi connectivity index (χ3v) is 5.69. The molecule has 1 heterocycles. The van der Waals surface area contributed by atoms with Crippen LogP contribution in [0.3, 0.4) is 0 Å². The van der Waals surface area contributed by atoms with E-state index in [0.717, 1.165) is 11.3 Å². The molecule has 0 radical (unpaired) electrons. The number of carbonyl (C=O) groups is 1. The van der Waals surface area contributed by atoms with Gasteiger partial charge in [0, 0.05) is 36.9 Å². The first-order valence-electron chi connectivity index (χ1n) is 12.7. The lowest BCUT2D eigenvalue weighted by Gasteiger charge is -2.15. The number of carbonyl (C=O) groups excluding carboxylic acids is 1. The number of anilines is 3. The van der Waals surface area contributed by atoms with Gasteiger partial charge in [-0.05, 0) is 62.1 Å². The lowest BCUT2D eigenvalue weighted by atomic mass is 10.1. The minimum absolute atomic E-state index is 0.259. The number of likely N-dealkylation sites (N-methyl/N-ethyl adjacent to an activating group) is 1. The number of nitrogens with one attached hydrogen (secondary N) is 2. The molecule has 10 heteroatoms. The Balaban J connectivity index is 1.53. The van der Waals surface area contributed by atoms with E-state index in [4.69, 9.17) is 14.2 Å². The van der Waals surface area contributed by atoms with Crippen molar-refractivity contribution < 1.29 is 23.4 Å². The van der Waals surface area contributed by atoms with Crippen LogP contribution in [0.25, 0.3) is 10.9 Å². The van der Waals surface area contributed by atoms with E-state index in [2.05, 4.69) is 20.6 Å². The monoisotopic (exact) mass is 545 g/mol. The molecule has 1 aromatic heterocycles. The maximum Gasteiger partial charge on any atom is 0.248 e. The molecule has 0 fully saturated rings. The van der Waals surface area contributed by atoms with Gasteiger partial charge in [-0.15, -0.1) is 0 Å². The molecule has 2 N–H and O–H groups in total. The van der Waals surface area contributed by atoms with E-state index < -0.39 is 0 Å². The van der Waals surface area contributed by atoms with Crippen molar-refractivity contribution in [3.8, 4) is 11.5 Å². The quantitative estimate of drug-likeness (QED) is 0.175. The van der Waals surface area contributed by atoms with Crippen molar-refractivity contribution in [2.45, 2.75) is 6.61 Å². The van der Waals surface area contributed by atoms with Crippen LogP contribution in [-0.2, 0) is 16.1 Å². The smallest absolute Gasteiger partial charge is 0.248 e. The molecule has 0 unspecified atom stereocenters. The molecule has 4 aromatic rings. The second-order valence-corrected chi connectivity index (χ2v) is 9.15. The van der Waals surface area contributed by atoms with Gasteiger partial charge in [0.15, 0.2) is 0 Å². The number of ether oxygens (including phenoxy) is 3. The van der Waals surface area contributed by atoms with Crippen LogP contribution in [0.4, 0.5) is 21.6 Å². The number of hydrogen-bond acceptors (Lipinski definition) is 8. The number of halogens is 1. The molecule has 4 rings (SSSR count). The Hall–Kier alpha value is -4.54. The Morgan fingerprint density at radius 1 is 1.02 bits per heavy atom. The highest BCUT2D eigenvalue weighted by Crippen LogP contribution is 2.33. The van der Waals surface area contributed by atoms with Gasteiger partial charge in [-0.2, -0.15) is 0 Å². The van der Waals surface area contributed by atoms with E-state index >= 15 is 0 Å². The minimum Gasteiger partial charge on any atom is -0.489 e. The number of benzene rings is 3. The Bertz CT molecular complexity index is 1460. The molecule has 0 bridgehead atoms. The van der Waals surface area contributed by atoms with Crippen LogP contribution < -0.4 is 20.1 Å². The lowest BCUT2D eigenvalue weighted by Crippen LogP contribution is -2.14. The number of amides is 1. The van der Waals surface area contributed by atoms with Crippen molar-refractivity contribution in [3.63, 3.8) is 0 Å². The maximum atomic E-state index is 13.4. The molecule has 9 nitrogen and oxygen atoms in total.